The number of likely N-dealkylation sites (tertiary alicyclic amines) is 1. The number of amides is 2. The highest BCUT2D eigenvalue weighted by Crippen LogP contribution is 2.39. The van der Waals surface area contributed by atoms with Crippen molar-refractivity contribution in [2.24, 2.45) is 0 Å². The predicted octanol–water partition coefficient (Wildman–Crippen LogP) is 3.66. The first-order valence-electron chi connectivity index (χ1n) is 8.84. The molecule has 1 unspecified atom stereocenters. The summed E-state index contributed by atoms with van der Waals surface area (Å²) in [6.07, 6.45) is 0. The van der Waals surface area contributed by atoms with Gasteiger partial charge in [0.1, 0.15) is 5.76 Å². The lowest BCUT2D eigenvalue weighted by atomic mass is 9.95. The summed E-state index contributed by atoms with van der Waals surface area (Å²) in [4.78, 5) is 38.1. The van der Waals surface area contributed by atoms with Crippen molar-refractivity contribution < 1.29 is 19.5 Å². The van der Waals surface area contributed by atoms with Crippen LogP contribution in [0.1, 0.15) is 24.1 Å². The molecular weight excluding hydrogens is 460 g/mol. The first kappa shape index (κ1) is 21.1. The van der Waals surface area contributed by atoms with E-state index in [0.717, 1.165) is 4.47 Å². The highest BCUT2D eigenvalue weighted by molar-refractivity contribution is 9.10. The zero-order valence-corrected chi connectivity index (χ0v) is 17.8. The zero-order valence-electron chi connectivity index (χ0n) is 15.5. The third-order valence-electron chi connectivity index (χ3n) is 4.57. The van der Waals surface area contributed by atoms with Crippen LogP contribution in [0, 0.1) is 0 Å². The van der Waals surface area contributed by atoms with Crippen LogP contribution in [0.5, 0.6) is 0 Å². The molecule has 0 aliphatic carbocycles. The molecule has 2 amide bonds. The minimum absolute atomic E-state index is 0.00229. The monoisotopic (exact) mass is 476 g/mol. The first-order valence-corrected chi connectivity index (χ1v) is 10.0. The molecule has 0 spiro atoms. The molecule has 0 bridgehead atoms. The highest BCUT2D eigenvalue weighted by atomic mass is 79.9. The van der Waals surface area contributed by atoms with E-state index in [1.54, 1.807) is 48.5 Å². The number of halogens is 2. The van der Waals surface area contributed by atoms with E-state index in [9.17, 15) is 19.5 Å². The van der Waals surface area contributed by atoms with Gasteiger partial charge in [0, 0.05) is 35.1 Å². The number of ketones is 1. The van der Waals surface area contributed by atoms with Crippen LogP contribution >= 0.6 is 27.5 Å². The van der Waals surface area contributed by atoms with Crippen molar-refractivity contribution in [1.29, 1.82) is 0 Å². The maximum atomic E-state index is 12.8. The molecule has 1 fully saturated rings. The van der Waals surface area contributed by atoms with Crippen LogP contribution in [-0.2, 0) is 14.4 Å². The van der Waals surface area contributed by atoms with Gasteiger partial charge < -0.3 is 15.3 Å². The van der Waals surface area contributed by atoms with Crippen molar-refractivity contribution in [3.63, 3.8) is 0 Å². The fraction of sp³-hybridized carbons (Fsp3) is 0.190. The first-order chi connectivity index (χ1) is 13.8. The Hall–Kier alpha value is -2.64. The quantitative estimate of drug-likeness (QED) is 0.391. The van der Waals surface area contributed by atoms with E-state index in [4.69, 9.17) is 11.6 Å². The molecule has 6 nitrogen and oxygen atoms in total. The van der Waals surface area contributed by atoms with Crippen LogP contribution in [0.2, 0.25) is 5.02 Å². The Morgan fingerprint density at radius 3 is 2.34 bits per heavy atom. The molecule has 3 rings (SSSR count). The second kappa shape index (κ2) is 8.80. The normalized spacial score (nSPS) is 18.2. The van der Waals surface area contributed by atoms with Crippen LogP contribution in [0.4, 0.5) is 0 Å². The van der Waals surface area contributed by atoms with Gasteiger partial charge in [0.15, 0.2) is 0 Å². The Morgan fingerprint density at radius 1 is 1.14 bits per heavy atom. The number of carbonyl (C=O) groups excluding carboxylic acids is 3. The van der Waals surface area contributed by atoms with Crippen LogP contribution < -0.4 is 5.32 Å². The lowest BCUT2D eigenvalue weighted by Crippen LogP contribution is -2.37. The average Bonchev–Trinajstić information content (AvgIpc) is 2.93. The maximum absolute atomic E-state index is 12.8. The molecule has 2 aromatic carbocycles. The van der Waals surface area contributed by atoms with Gasteiger partial charge in [0.05, 0.1) is 11.6 Å². The molecule has 1 saturated heterocycles. The minimum Gasteiger partial charge on any atom is -0.507 e. The number of rotatable bonds is 5. The van der Waals surface area contributed by atoms with E-state index in [-0.39, 0.29) is 30.3 Å². The maximum Gasteiger partial charge on any atom is 0.295 e. The number of nitrogens with one attached hydrogen (secondary N) is 1. The van der Waals surface area contributed by atoms with E-state index >= 15 is 0 Å². The summed E-state index contributed by atoms with van der Waals surface area (Å²) >= 11 is 9.28. The Balaban J connectivity index is 2.08. The van der Waals surface area contributed by atoms with Crippen molar-refractivity contribution >= 4 is 50.9 Å². The summed E-state index contributed by atoms with van der Waals surface area (Å²) < 4.78 is 0.842. The summed E-state index contributed by atoms with van der Waals surface area (Å²) in [7, 11) is 0. The van der Waals surface area contributed by atoms with Gasteiger partial charge in [0.25, 0.3) is 11.7 Å². The number of aliphatic hydroxyl groups is 1. The van der Waals surface area contributed by atoms with Crippen molar-refractivity contribution in [3.8, 4) is 0 Å². The highest BCUT2D eigenvalue weighted by Gasteiger charge is 2.45. The molecule has 150 valence electrons. The Kier molecular flexibility index (Phi) is 6.39. The summed E-state index contributed by atoms with van der Waals surface area (Å²) in [5.41, 5.74) is 1.06. The number of aliphatic hydroxyl groups excluding tert-OH is 1. The fourth-order valence-corrected chi connectivity index (χ4v) is 3.61. The molecule has 0 saturated carbocycles. The van der Waals surface area contributed by atoms with E-state index in [0.29, 0.717) is 16.1 Å². The standard InChI is InChI=1S/C21H18BrClN2O4/c1-12(26)24-10-11-25-18(13-2-6-15(22)7-3-13)17(20(28)21(25)29)19(27)14-4-8-16(23)9-5-14/h2-9,18,27H,10-11H2,1H3,(H,24,26)/b19-17-. The van der Waals surface area contributed by atoms with Crippen molar-refractivity contribution in [1.82, 2.24) is 10.2 Å². The van der Waals surface area contributed by atoms with E-state index in [2.05, 4.69) is 21.2 Å². The molecule has 2 aromatic rings. The third kappa shape index (κ3) is 4.52. The topological polar surface area (TPSA) is 86.7 Å². The van der Waals surface area contributed by atoms with E-state index in [1.807, 2.05) is 0 Å². The van der Waals surface area contributed by atoms with Crippen molar-refractivity contribution in [3.05, 3.63) is 74.7 Å². The molecule has 1 aliphatic rings. The van der Waals surface area contributed by atoms with Crippen molar-refractivity contribution in [2.45, 2.75) is 13.0 Å². The largest absolute Gasteiger partial charge is 0.507 e. The third-order valence-corrected chi connectivity index (χ3v) is 5.35. The number of benzene rings is 2. The van der Waals surface area contributed by atoms with Gasteiger partial charge in [-0.25, -0.2) is 0 Å². The van der Waals surface area contributed by atoms with Gasteiger partial charge in [-0.15, -0.1) is 0 Å². The molecule has 8 heteroatoms. The van der Waals surface area contributed by atoms with Crippen LogP contribution in [-0.4, -0.2) is 40.7 Å². The molecule has 29 heavy (non-hydrogen) atoms. The molecule has 1 heterocycles. The Labute approximate surface area is 181 Å². The summed E-state index contributed by atoms with van der Waals surface area (Å²) in [5, 5.41) is 14.0. The fourth-order valence-electron chi connectivity index (χ4n) is 3.22. The molecule has 0 aromatic heterocycles. The second-order valence-electron chi connectivity index (χ2n) is 6.53. The Bertz CT molecular complexity index is 987. The number of hydrogen-bond acceptors (Lipinski definition) is 4. The number of carbonyl (C=O) groups is 3. The van der Waals surface area contributed by atoms with Gasteiger partial charge in [-0.2, -0.15) is 0 Å². The van der Waals surface area contributed by atoms with Gasteiger partial charge >= 0.3 is 0 Å². The molecule has 0 radical (unpaired) electrons. The minimum atomic E-state index is -0.771. The molecular formula is C21H18BrClN2O4. The number of Topliss-reactive ketones (excluding diaryl/α,β-unsaturated/α-hetero) is 1. The van der Waals surface area contributed by atoms with Gasteiger partial charge in [-0.3, -0.25) is 14.4 Å². The number of nitrogens with zero attached hydrogens (tertiary/aromatic N) is 1. The zero-order chi connectivity index (χ0) is 21.1. The second-order valence-corrected chi connectivity index (χ2v) is 7.89. The Morgan fingerprint density at radius 2 is 1.76 bits per heavy atom. The van der Waals surface area contributed by atoms with Crippen LogP contribution in [0.3, 0.4) is 0 Å². The predicted molar refractivity (Wildman–Crippen MR) is 113 cm³/mol. The molecule has 1 aliphatic heterocycles. The number of hydrogen-bond donors (Lipinski definition) is 2. The summed E-state index contributed by atoms with van der Waals surface area (Å²) in [6.45, 7) is 1.69. The van der Waals surface area contributed by atoms with Gasteiger partial charge in [-0.1, -0.05) is 39.7 Å². The lowest BCUT2D eigenvalue weighted by Gasteiger charge is -2.25. The summed E-state index contributed by atoms with van der Waals surface area (Å²) in [5.74, 6) is -2.00. The molecule has 2 N–H and O–H groups in total. The average molecular weight is 478 g/mol. The van der Waals surface area contributed by atoms with E-state index in [1.165, 1.54) is 11.8 Å². The summed E-state index contributed by atoms with van der Waals surface area (Å²) in [6, 6.07) is 12.7. The smallest absolute Gasteiger partial charge is 0.295 e. The van der Waals surface area contributed by atoms with Gasteiger partial charge in [-0.05, 0) is 42.0 Å². The SMILES string of the molecule is CC(=O)NCCN1C(=O)C(=O)/C(=C(\O)c2ccc(Cl)cc2)C1c1ccc(Br)cc1. The van der Waals surface area contributed by atoms with Crippen molar-refractivity contribution in [2.75, 3.05) is 13.1 Å². The van der Waals surface area contributed by atoms with Crippen LogP contribution in [0.25, 0.3) is 5.76 Å². The molecule has 1 atom stereocenters. The van der Waals surface area contributed by atoms with E-state index < -0.39 is 17.7 Å². The lowest BCUT2D eigenvalue weighted by molar-refractivity contribution is -0.139. The van der Waals surface area contributed by atoms with Crippen LogP contribution in [0.15, 0.2) is 58.6 Å². The van der Waals surface area contributed by atoms with Gasteiger partial charge in [0.2, 0.25) is 5.91 Å².